The average molecular weight is 297 g/mol. The molecule has 0 spiro atoms. The highest BCUT2D eigenvalue weighted by atomic mass is 35.5. The number of aromatic nitrogens is 1. The summed E-state index contributed by atoms with van der Waals surface area (Å²) in [5.41, 5.74) is 0.946. The highest BCUT2D eigenvalue weighted by Crippen LogP contribution is 2.26. The van der Waals surface area contributed by atoms with Crippen LogP contribution in [0.4, 0.5) is 5.82 Å². The van der Waals surface area contributed by atoms with Crippen LogP contribution in [0.3, 0.4) is 0 Å². The lowest BCUT2D eigenvalue weighted by molar-refractivity contribution is 0.371. The van der Waals surface area contributed by atoms with E-state index in [4.69, 9.17) is 16.6 Å². The van der Waals surface area contributed by atoms with E-state index in [0.717, 1.165) is 42.7 Å². The number of nitrogens with one attached hydrogen (secondary N) is 1. The normalized spacial score (nSPS) is 19.1. The van der Waals surface area contributed by atoms with Gasteiger partial charge in [0.1, 0.15) is 5.82 Å². The number of anilines is 1. The number of pyridine rings is 1. The van der Waals surface area contributed by atoms with E-state index in [9.17, 15) is 0 Å². The van der Waals surface area contributed by atoms with Crippen LogP contribution >= 0.6 is 11.6 Å². The maximum Gasteiger partial charge on any atom is 0.129 e. The molecular weight excluding hydrogens is 272 g/mol. The third kappa shape index (κ3) is 3.84. The van der Waals surface area contributed by atoms with Crippen molar-refractivity contribution in [1.82, 2.24) is 15.2 Å². The first-order chi connectivity index (χ1) is 9.61. The fourth-order valence-electron chi connectivity index (χ4n) is 2.75. The van der Waals surface area contributed by atoms with Crippen molar-refractivity contribution in [3.63, 3.8) is 0 Å². The summed E-state index contributed by atoms with van der Waals surface area (Å²) < 4.78 is 0. The summed E-state index contributed by atoms with van der Waals surface area (Å²) in [5, 5.41) is 4.04. The van der Waals surface area contributed by atoms with Gasteiger partial charge in [0.2, 0.25) is 0 Å². The highest BCUT2D eigenvalue weighted by molar-refractivity contribution is 6.31. The van der Waals surface area contributed by atoms with Gasteiger partial charge >= 0.3 is 0 Å². The van der Waals surface area contributed by atoms with Crippen molar-refractivity contribution in [2.45, 2.75) is 32.4 Å². The second-order valence-electron chi connectivity index (χ2n) is 5.63. The molecular formula is C15H25ClN4. The molecule has 0 amide bonds. The lowest BCUT2D eigenvalue weighted by atomic mass is 10.2. The molecule has 1 aliphatic rings. The van der Waals surface area contributed by atoms with Crippen molar-refractivity contribution < 1.29 is 0 Å². The monoisotopic (exact) mass is 296 g/mol. The minimum atomic E-state index is 0.561. The maximum atomic E-state index is 6.23. The predicted octanol–water partition coefficient (Wildman–Crippen LogP) is 2.37. The van der Waals surface area contributed by atoms with Gasteiger partial charge < -0.3 is 15.1 Å². The van der Waals surface area contributed by atoms with Crippen LogP contribution < -0.4 is 10.2 Å². The fourth-order valence-corrected chi connectivity index (χ4v) is 2.92. The molecule has 1 unspecified atom stereocenters. The van der Waals surface area contributed by atoms with Crippen molar-refractivity contribution in [3.05, 3.63) is 22.8 Å². The first kappa shape index (κ1) is 15.5. The van der Waals surface area contributed by atoms with E-state index in [-0.39, 0.29) is 0 Å². The van der Waals surface area contributed by atoms with Gasteiger partial charge in [-0.3, -0.25) is 0 Å². The van der Waals surface area contributed by atoms with Crippen molar-refractivity contribution in [2.24, 2.45) is 0 Å². The summed E-state index contributed by atoms with van der Waals surface area (Å²) in [6.07, 6.45) is 2.48. The zero-order valence-corrected chi connectivity index (χ0v) is 13.5. The molecule has 20 heavy (non-hydrogen) atoms. The van der Waals surface area contributed by atoms with Gasteiger partial charge in [0, 0.05) is 25.7 Å². The fraction of sp³-hybridized carbons (Fsp3) is 0.667. The summed E-state index contributed by atoms with van der Waals surface area (Å²) in [7, 11) is 4.25. The van der Waals surface area contributed by atoms with Gasteiger partial charge in [-0.15, -0.1) is 0 Å². The molecule has 0 aromatic carbocycles. The van der Waals surface area contributed by atoms with Crippen LogP contribution in [0.15, 0.2) is 12.1 Å². The Morgan fingerprint density at radius 2 is 2.25 bits per heavy atom. The van der Waals surface area contributed by atoms with Gasteiger partial charge in [0.15, 0.2) is 0 Å². The summed E-state index contributed by atoms with van der Waals surface area (Å²) in [6, 6.07) is 4.58. The third-order valence-corrected chi connectivity index (χ3v) is 4.04. The molecule has 1 N–H and O–H groups in total. The summed E-state index contributed by atoms with van der Waals surface area (Å²) >= 11 is 6.23. The van der Waals surface area contributed by atoms with Crippen LogP contribution in [-0.2, 0) is 6.54 Å². The number of hydrogen-bond acceptors (Lipinski definition) is 4. The quantitative estimate of drug-likeness (QED) is 0.873. The molecule has 1 atom stereocenters. The zero-order valence-electron chi connectivity index (χ0n) is 12.7. The molecule has 0 bridgehead atoms. The van der Waals surface area contributed by atoms with Crippen LogP contribution in [0.5, 0.6) is 0 Å². The van der Waals surface area contributed by atoms with E-state index in [1.54, 1.807) is 0 Å². The molecule has 5 heteroatoms. The van der Waals surface area contributed by atoms with Crippen LogP contribution in [-0.4, -0.2) is 49.7 Å². The van der Waals surface area contributed by atoms with Crippen LogP contribution in [0.2, 0.25) is 5.02 Å². The minimum Gasteiger partial charge on any atom is -0.352 e. The van der Waals surface area contributed by atoms with Gasteiger partial charge in [-0.2, -0.15) is 0 Å². The number of rotatable bonds is 6. The van der Waals surface area contributed by atoms with E-state index in [1.807, 2.05) is 12.1 Å². The molecule has 0 saturated carbocycles. The van der Waals surface area contributed by atoms with Crippen molar-refractivity contribution in [1.29, 1.82) is 0 Å². The lowest BCUT2D eigenvalue weighted by Gasteiger charge is -2.28. The topological polar surface area (TPSA) is 31.4 Å². The Bertz CT molecular complexity index is 436. The van der Waals surface area contributed by atoms with Gasteiger partial charge in [0.25, 0.3) is 0 Å². The highest BCUT2D eigenvalue weighted by Gasteiger charge is 2.26. The molecule has 1 aromatic heterocycles. The maximum absolute atomic E-state index is 6.23. The van der Waals surface area contributed by atoms with Gasteiger partial charge in [-0.1, -0.05) is 18.5 Å². The van der Waals surface area contributed by atoms with Crippen molar-refractivity contribution in [2.75, 3.05) is 38.6 Å². The molecule has 1 aliphatic heterocycles. The Labute approximate surface area is 127 Å². The first-order valence-electron chi connectivity index (χ1n) is 7.39. The second-order valence-corrected chi connectivity index (χ2v) is 6.04. The largest absolute Gasteiger partial charge is 0.352 e. The summed E-state index contributed by atoms with van der Waals surface area (Å²) in [6.45, 7) is 5.91. The van der Waals surface area contributed by atoms with E-state index < -0.39 is 0 Å². The van der Waals surface area contributed by atoms with Crippen molar-refractivity contribution >= 4 is 17.4 Å². The number of hydrogen-bond donors (Lipinski definition) is 1. The standard InChI is InChI=1S/C15H25ClN4/c1-4-17-10-14-13(16)7-8-15(18-14)20-9-5-6-12(20)11-19(2)3/h7-8,12,17H,4-6,9-11H2,1-3H3. The Morgan fingerprint density at radius 3 is 2.95 bits per heavy atom. The van der Waals surface area contributed by atoms with Crippen LogP contribution in [0, 0.1) is 0 Å². The summed E-state index contributed by atoms with van der Waals surface area (Å²) in [5.74, 6) is 1.06. The molecule has 4 nitrogen and oxygen atoms in total. The SMILES string of the molecule is CCNCc1nc(N2CCCC2CN(C)C)ccc1Cl. The second kappa shape index (κ2) is 7.25. The zero-order chi connectivity index (χ0) is 14.5. The van der Waals surface area contributed by atoms with Crippen molar-refractivity contribution in [3.8, 4) is 0 Å². The Morgan fingerprint density at radius 1 is 1.45 bits per heavy atom. The Kier molecular flexibility index (Phi) is 5.64. The average Bonchev–Trinajstić information content (AvgIpc) is 2.85. The van der Waals surface area contributed by atoms with Gasteiger partial charge in [-0.25, -0.2) is 4.98 Å². The van der Waals surface area contributed by atoms with E-state index in [2.05, 4.69) is 36.1 Å². The molecule has 1 aromatic rings. The summed E-state index contributed by atoms with van der Waals surface area (Å²) in [4.78, 5) is 9.43. The minimum absolute atomic E-state index is 0.561. The first-order valence-corrected chi connectivity index (χ1v) is 7.77. The Balaban J connectivity index is 2.14. The van der Waals surface area contributed by atoms with Crippen LogP contribution in [0.1, 0.15) is 25.5 Å². The number of halogens is 1. The molecule has 1 saturated heterocycles. The smallest absolute Gasteiger partial charge is 0.129 e. The van der Waals surface area contributed by atoms with E-state index >= 15 is 0 Å². The predicted molar refractivity (Wildman–Crippen MR) is 85.5 cm³/mol. The molecule has 0 aliphatic carbocycles. The Hall–Kier alpha value is -0.840. The number of nitrogens with zero attached hydrogens (tertiary/aromatic N) is 3. The van der Waals surface area contributed by atoms with Gasteiger partial charge in [0.05, 0.1) is 10.7 Å². The lowest BCUT2D eigenvalue weighted by Crippen LogP contribution is -2.38. The molecule has 1 fully saturated rings. The van der Waals surface area contributed by atoms with E-state index in [1.165, 1.54) is 12.8 Å². The molecule has 2 heterocycles. The molecule has 0 radical (unpaired) electrons. The number of likely N-dealkylation sites (N-methyl/N-ethyl adjacent to an activating group) is 1. The molecule has 2 rings (SSSR count). The third-order valence-electron chi connectivity index (χ3n) is 3.69. The van der Waals surface area contributed by atoms with Gasteiger partial charge in [-0.05, 0) is 45.6 Å². The van der Waals surface area contributed by atoms with Crippen LogP contribution in [0.25, 0.3) is 0 Å². The van der Waals surface area contributed by atoms with E-state index in [0.29, 0.717) is 6.04 Å². The molecule has 112 valence electrons.